The number of benzene rings is 1. The van der Waals surface area contributed by atoms with E-state index in [-0.39, 0.29) is 18.3 Å². The van der Waals surface area contributed by atoms with Crippen molar-refractivity contribution >= 4 is 11.7 Å². The molecule has 4 heteroatoms. The van der Waals surface area contributed by atoms with Gasteiger partial charge in [0.15, 0.2) is 5.78 Å². The molecule has 0 saturated heterocycles. The lowest BCUT2D eigenvalue weighted by atomic mass is 10.1. The van der Waals surface area contributed by atoms with Crippen LogP contribution in [0.3, 0.4) is 0 Å². The normalized spacial score (nSPS) is 9.82. The summed E-state index contributed by atoms with van der Waals surface area (Å²) in [5, 5.41) is 0. The SMILES string of the molecule is CC(=O)c1ccccc1OCCC(=O)N(C)C. The monoisotopic (exact) mass is 235 g/mol. The zero-order chi connectivity index (χ0) is 12.8. The topological polar surface area (TPSA) is 46.6 Å². The minimum absolute atomic E-state index is 0.00491. The Morgan fingerprint density at radius 1 is 1.24 bits per heavy atom. The van der Waals surface area contributed by atoms with Crippen LogP contribution < -0.4 is 4.74 Å². The zero-order valence-electron chi connectivity index (χ0n) is 10.4. The minimum Gasteiger partial charge on any atom is -0.492 e. The Morgan fingerprint density at radius 3 is 2.47 bits per heavy atom. The first-order chi connectivity index (χ1) is 8.02. The molecule has 0 unspecified atom stereocenters. The molecule has 0 aliphatic carbocycles. The number of nitrogens with zero attached hydrogens (tertiary/aromatic N) is 1. The van der Waals surface area contributed by atoms with Crippen LogP contribution >= 0.6 is 0 Å². The Balaban J connectivity index is 2.58. The molecule has 1 rings (SSSR count). The van der Waals surface area contributed by atoms with Crippen LogP contribution in [0.1, 0.15) is 23.7 Å². The summed E-state index contributed by atoms with van der Waals surface area (Å²) >= 11 is 0. The van der Waals surface area contributed by atoms with E-state index in [1.807, 2.05) is 0 Å². The quantitative estimate of drug-likeness (QED) is 0.730. The largest absolute Gasteiger partial charge is 0.492 e. The smallest absolute Gasteiger partial charge is 0.225 e. The van der Waals surface area contributed by atoms with Crippen LogP contribution in [0.25, 0.3) is 0 Å². The third-order valence-electron chi connectivity index (χ3n) is 2.34. The molecule has 1 amide bonds. The van der Waals surface area contributed by atoms with Gasteiger partial charge in [-0.25, -0.2) is 0 Å². The van der Waals surface area contributed by atoms with Crippen molar-refractivity contribution in [3.63, 3.8) is 0 Å². The average molecular weight is 235 g/mol. The molecule has 0 aliphatic heterocycles. The number of carbonyl (C=O) groups is 2. The number of hydrogen-bond donors (Lipinski definition) is 0. The van der Waals surface area contributed by atoms with E-state index in [0.29, 0.717) is 17.7 Å². The van der Waals surface area contributed by atoms with Crippen LogP contribution in [0.15, 0.2) is 24.3 Å². The van der Waals surface area contributed by atoms with Gasteiger partial charge >= 0.3 is 0 Å². The highest BCUT2D eigenvalue weighted by Crippen LogP contribution is 2.18. The summed E-state index contributed by atoms with van der Waals surface area (Å²) < 4.78 is 5.45. The van der Waals surface area contributed by atoms with Crippen molar-refractivity contribution in [3.05, 3.63) is 29.8 Å². The maximum Gasteiger partial charge on any atom is 0.225 e. The van der Waals surface area contributed by atoms with Gasteiger partial charge in [-0.15, -0.1) is 0 Å². The number of carbonyl (C=O) groups excluding carboxylic acids is 2. The van der Waals surface area contributed by atoms with Crippen molar-refractivity contribution in [1.82, 2.24) is 4.90 Å². The lowest BCUT2D eigenvalue weighted by molar-refractivity contribution is -0.129. The highest BCUT2D eigenvalue weighted by molar-refractivity contribution is 5.96. The Kier molecular flexibility index (Phi) is 4.69. The van der Waals surface area contributed by atoms with Crippen LogP contribution in [0.4, 0.5) is 0 Å². The number of amides is 1. The van der Waals surface area contributed by atoms with Crippen molar-refractivity contribution in [3.8, 4) is 5.75 Å². The first-order valence-electron chi connectivity index (χ1n) is 5.45. The number of para-hydroxylation sites is 1. The predicted molar refractivity (Wildman–Crippen MR) is 65.3 cm³/mol. The second kappa shape index (κ2) is 6.03. The highest BCUT2D eigenvalue weighted by atomic mass is 16.5. The van der Waals surface area contributed by atoms with E-state index in [0.717, 1.165) is 0 Å². The first kappa shape index (κ1) is 13.2. The number of hydrogen-bond acceptors (Lipinski definition) is 3. The Labute approximate surface area is 101 Å². The molecule has 0 N–H and O–H groups in total. The van der Waals surface area contributed by atoms with Crippen LogP contribution in [0, 0.1) is 0 Å². The molecule has 0 aliphatic rings. The van der Waals surface area contributed by atoms with Crippen molar-refractivity contribution in [1.29, 1.82) is 0 Å². The standard InChI is InChI=1S/C13H17NO3/c1-10(15)11-6-4-5-7-12(11)17-9-8-13(16)14(2)3/h4-7H,8-9H2,1-3H3. The lowest BCUT2D eigenvalue weighted by Crippen LogP contribution is -2.23. The van der Waals surface area contributed by atoms with Crippen LogP contribution in [0.2, 0.25) is 0 Å². The molecule has 0 saturated carbocycles. The average Bonchev–Trinajstić information content (AvgIpc) is 2.29. The molecule has 92 valence electrons. The molecular weight excluding hydrogens is 218 g/mol. The maximum absolute atomic E-state index is 11.3. The van der Waals surface area contributed by atoms with E-state index < -0.39 is 0 Å². The van der Waals surface area contributed by atoms with Crippen molar-refractivity contribution in [2.75, 3.05) is 20.7 Å². The van der Waals surface area contributed by atoms with Gasteiger partial charge in [0.2, 0.25) is 5.91 Å². The number of ether oxygens (including phenoxy) is 1. The molecule has 1 aromatic rings. The molecule has 0 radical (unpaired) electrons. The Morgan fingerprint density at radius 2 is 1.88 bits per heavy atom. The van der Waals surface area contributed by atoms with Gasteiger partial charge in [0.25, 0.3) is 0 Å². The molecule has 0 atom stereocenters. The predicted octanol–water partition coefficient (Wildman–Crippen LogP) is 1.75. The molecule has 4 nitrogen and oxygen atoms in total. The fourth-order valence-corrected chi connectivity index (χ4v) is 1.36. The fraction of sp³-hybridized carbons (Fsp3) is 0.385. The van der Waals surface area contributed by atoms with Gasteiger partial charge in [-0.05, 0) is 19.1 Å². The molecule has 0 heterocycles. The summed E-state index contributed by atoms with van der Waals surface area (Å²) in [6.45, 7) is 1.77. The maximum atomic E-state index is 11.3. The second-order valence-electron chi connectivity index (χ2n) is 3.94. The minimum atomic E-state index is -0.0421. The van der Waals surface area contributed by atoms with Crippen LogP contribution in [-0.2, 0) is 4.79 Å². The summed E-state index contributed by atoms with van der Waals surface area (Å²) in [6.07, 6.45) is 0.305. The Bertz CT molecular complexity index is 413. The van der Waals surface area contributed by atoms with Gasteiger partial charge in [-0.1, -0.05) is 12.1 Å². The fourth-order valence-electron chi connectivity index (χ4n) is 1.36. The second-order valence-corrected chi connectivity index (χ2v) is 3.94. The number of rotatable bonds is 5. The van der Waals surface area contributed by atoms with Crippen molar-refractivity contribution in [2.45, 2.75) is 13.3 Å². The van der Waals surface area contributed by atoms with Gasteiger partial charge < -0.3 is 9.64 Å². The van der Waals surface area contributed by atoms with Gasteiger partial charge in [-0.2, -0.15) is 0 Å². The molecule has 0 bridgehead atoms. The highest BCUT2D eigenvalue weighted by Gasteiger charge is 2.08. The number of ketones is 1. The van der Waals surface area contributed by atoms with E-state index >= 15 is 0 Å². The van der Waals surface area contributed by atoms with E-state index in [9.17, 15) is 9.59 Å². The zero-order valence-corrected chi connectivity index (χ0v) is 10.4. The van der Waals surface area contributed by atoms with Gasteiger partial charge in [0.05, 0.1) is 18.6 Å². The third-order valence-corrected chi connectivity index (χ3v) is 2.34. The van der Waals surface area contributed by atoms with E-state index in [4.69, 9.17) is 4.74 Å². The number of Topliss-reactive ketones (excluding diaryl/α,β-unsaturated/α-hetero) is 1. The molecule has 0 spiro atoms. The summed E-state index contributed by atoms with van der Waals surface area (Å²) in [4.78, 5) is 24.2. The van der Waals surface area contributed by atoms with Gasteiger partial charge in [0, 0.05) is 14.1 Å². The molecule has 0 aromatic heterocycles. The summed E-state index contributed by atoms with van der Waals surface area (Å²) in [5.41, 5.74) is 0.546. The summed E-state index contributed by atoms with van der Waals surface area (Å²) in [5.74, 6) is 0.497. The summed E-state index contributed by atoms with van der Waals surface area (Å²) in [6, 6.07) is 7.03. The molecular formula is C13H17NO3. The van der Waals surface area contributed by atoms with Crippen molar-refractivity contribution < 1.29 is 14.3 Å². The van der Waals surface area contributed by atoms with Gasteiger partial charge in [-0.3, -0.25) is 9.59 Å². The van der Waals surface area contributed by atoms with E-state index in [1.54, 1.807) is 38.4 Å². The third kappa shape index (κ3) is 3.90. The van der Waals surface area contributed by atoms with Gasteiger partial charge in [0.1, 0.15) is 5.75 Å². The van der Waals surface area contributed by atoms with E-state index in [1.165, 1.54) is 11.8 Å². The summed E-state index contributed by atoms with van der Waals surface area (Å²) in [7, 11) is 3.40. The van der Waals surface area contributed by atoms with Crippen LogP contribution in [-0.4, -0.2) is 37.3 Å². The van der Waals surface area contributed by atoms with E-state index in [2.05, 4.69) is 0 Å². The van der Waals surface area contributed by atoms with Crippen LogP contribution in [0.5, 0.6) is 5.75 Å². The van der Waals surface area contributed by atoms with Crippen molar-refractivity contribution in [2.24, 2.45) is 0 Å². The Hall–Kier alpha value is -1.84. The molecule has 1 aromatic carbocycles. The molecule has 0 fully saturated rings. The lowest BCUT2D eigenvalue weighted by Gasteiger charge is -2.12. The molecule has 17 heavy (non-hydrogen) atoms. The first-order valence-corrected chi connectivity index (χ1v) is 5.45.